The van der Waals surface area contributed by atoms with Crippen molar-refractivity contribution in [3.63, 3.8) is 0 Å². The van der Waals surface area contributed by atoms with Crippen LogP contribution in [0.15, 0.2) is 24.3 Å². The first-order valence-electron chi connectivity index (χ1n) is 6.45. The predicted octanol–water partition coefficient (Wildman–Crippen LogP) is -0.446. The van der Waals surface area contributed by atoms with Crippen LogP contribution in [0.1, 0.15) is 12.5 Å². The molecule has 0 heterocycles. The van der Waals surface area contributed by atoms with Crippen LogP contribution < -0.4 is 20.3 Å². The fraction of sp³-hybridized carbons (Fsp3) is 0.429. The maximum absolute atomic E-state index is 11.8. The van der Waals surface area contributed by atoms with Gasteiger partial charge in [-0.3, -0.25) is 10.1 Å². The standard InChI is InChI=1S/C14H21N3O3/c1-10(13(18)16-14(19)15-2)17(3)9-11-5-7-12(20-4)8-6-11/h5-8,10H,9H2,1-4H3,(H2,15,16,18,19)/p+1/t10-/m1/s1. The Hall–Kier alpha value is -2.08. The molecule has 1 aromatic carbocycles. The second-order valence-corrected chi connectivity index (χ2v) is 4.66. The quantitative estimate of drug-likeness (QED) is 0.684. The van der Waals surface area contributed by atoms with Crippen LogP contribution in [-0.4, -0.2) is 39.2 Å². The van der Waals surface area contributed by atoms with Gasteiger partial charge in [-0.1, -0.05) is 0 Å². The van der Waals surface area contributed by atoms with Gasteiger partial charge in [0, 0.05) is 12.6 Å². The Kier molecular flexibility index (Phi) is 5.99. The molecule has 0 aromatic heterocycles. The minimum atomic E-state index is -0.487. The van der Waals surface area contributed by atoms with Crippen molar-refractivity contribution >= 4 is 11.9 Å². The molecule has 0 bridgehead atoms. The van der Waals surface area contributed by atoms with Crippen LogP contribution in [0.25, 0.3) is 0 Å². The number of quaternary nitrogens is 1. The molecule has 6 heteroatoms. The molecule has 3 N–H and O–H groups in total. The molecular formula is C14H22N3O3+. The molecule has 1 aromatic rings. The minimum Gasteiger partial charge on any atom is -0.497 e. The summed E-state index contributed by atoms with van der Waals surface area (Å²) in [7, 11) is 5.01. The number of amides is 3. The van der Waals surface area contributed by atoms with Gasteiger partial charge < -0.3 is 15.0 Å². The lowest BCUT2D eigenvalue weighted by molar-refractivity contribution is -0.908. The smallest absolute Gasteiger partial charge is 0.321 e. The van der Waals surface area contributed by atoms with E-state index in [0.29, 0.717) is 6.54 Å². The molecule has 20 heavy (non-hydrogen) atoms. The van der Waals surface area contributed by atoms with Crippen LogP contribution >= 0.6 is 0 Å². The number of hydrogen-bond acceptors (Lipinski definition) is 3. The predicted molar refractivity (Wildman–Crippen MR) is 75.6 cm³/mol. The first kappa shape index (κ1) is 16.0. The van der Waals surface area contributed by atoms with Crippen LogP contribution in [0.3, 0.4) is 0 Å². The van der Waals surface area contributed by atoms with E-state index in [-0.39, 0.29) is 11.9 Å². The first-order valence-corrected chi connectivity index (χ1v) is 6.45. The Morgan fingerprint density at radius 3 is 2.40 bits per heavy atom. The normalized spacial score (nSPS) is 13.2. The van der Waals surface area contributed by atoms with E-state index < -0.39 is 6.03 Å². The molecule has 1 rings (SSSR count). The maximum atomic E-state index is 11.8. The van der Waals surface area contributed by atoms with Crippen molar-refractivity contribution in [2.75, 3.05) is 21.2 Å². The number of methoxy groups -OCH3 is 1. The van der Waals surface area contributed by atoms with Crippen LogP contribution in [0.4, 0.5) is 4.79 Å². The average molecular weight is 280 g/mol. The van der Waals surface area contributed by atoms with Crippen molar-refractivity contribution in [1.29, 1.82) is 0 Å². The number of imide groups is 1. The Balaban J connectivity index is 2.57. The van der Waals surface area contributed by atoms with Gasteiger partial charge in [-0.2, -0.15) is 0 Å². The SMILES string of the molecule is CNC(=O)NC(=O)[C@@H](C)[NH+](C)Cc1ccc(OC)cc1. The molecule has 0 fully saturated rings. The summed E-state index contributed by atoms with van der Waals surface area (Å²) in [5, 5.41) is 4.64. The van der Waals surface area contributed by atoms with E-state index >= 15 is 0 Å². The monoisotopic (exact) mass is 280 g/mol. The minimum absolute atomic E-state index is 0.296. The summed E-state index contributed by atoms with van der Waals surface area (Å²) in [6.45, 7) is 2.48. The van der Waals surface area contributed by atoms with E-state index in [2.05, 4.69) is 10.6 Å². The molecule has 110 valence electrons. The first-order chi connectivity index (χ1) is 9.47. The Bertz CT molecular complexity index is 459. The summed E-state index contributed by atoms with van der Waals surface area (Å²) >= 11 is 0. The van der Waals surface area contributed by atoms with Crippen molar-refractivity contribution in [2.24, 2.45) is 0 Å². The third-order valence-corrected chi connectivity index (χ3v) is 3.24. The molecule has 0 aliphatic carbocycles. The number of carbonyl (C=O) groups is 2. The van der Waals surface area contributed by atoms with Crippen molar-refractivity contribution in [1.82, 2.24) is 10.6 Å². The number of rotatable bonds is 5. The number of carbonyl (C=O) groups excluding carboxylic acids is 2. The number of benzene rings is 1. The maximum Gasteiger partial charge on any atom is 0.321 e. The third-order valence-electron chi connectivity index (χ3n) is 3.24. The summed E-state index contributed by atoms with van der Waals surface area (Å²) in [4.78, 5) is 23.9. The largest absolute Gasteiger partial charge is 0.497 e. The summed E-state index contributed by atoms with van der Waals surface area (Å²) in [5.74, 6) is 0.507. The van der Waals surface area contributed by atoms with Gasteiger partial charge in [-0.15, -0.1) is 0 Å². The van der Waals surface area contributed by atoms with Crippen molar-refractivity contribution in [3.05, 3.63) is 29.8 Å². The van der Waals surface area contributed by atoms with Crippen molar-refractivity contribution in [2.45, 2.75) is 19.5 Å². The summed E-state index contributed by atoms with van der Waals surface area (Å²) in [6.07, 6.45) is 0. The average Bonchev–Trinajstić information content (AvgIpc) is 2.46. The zero-order chi connectivity index (χ0) is 15.1. The molecule has 0 radical (unpaired) electrons. The molecule has 6 nitrogen and oxygen atoms in total. The lowest BCUT2D eigenvalue weighted by Gasteiger charge is -2.20. The molecule has 0 saturated heterocycles. The molecule has 2 atom stereocenters. The summed E-state index contributed by atoms with van der Waals surface area (Å²) < 4.78 is 5.10. The van der Waals surface area contributed by atoms with Gasteiger partial charge in [-0.05, 0) is 31.2 Å². The van der Waals surface area contributed by atoms with E-state index in [1.54, 1.807) is 14.0 Å². The highest BCUT2D eigenvalue weighted by molar-refractivity contribution is 5.96. The van der Waals surface area contributed by atoms with Gasteiger partial charge >= 0.3 is 6.03 Å². The van der Waals surface area contributed by atoms with Gasteiger partial charge in [-0.25, -0.2) is 4.79 Å². The Morgan fingerprint density at radius 1 is 1.30 bits per heavy atom. The zero-order valence-electron chi connectivity index (χ0n) is 12.3. The fourth-order valence-electron chi connectivity index (χ4n) is 1.72. The van der Waals surface area contributed by atoms with Gasteiger partial charge in [0.1, 0.15) is 12.3 Å². The highest BCUT2D eigenvalue weighted by Crippen LogP contribution is 2.10. The van der Waals surface area contributed by atoms with Crippen LogP contribution in [0, 0.1) is 0 Å². The molecule has 0 aliphatic rings. The summed E-state index contributed by atoms with van der Waals surface area (Å²) in [5.41, 5.74) is 1.10. The second kappa shape index (κ2) is 7.49. The van der Waals surface area contributed by atoms with Gasteiger partial charge in [0.15, 0.2) is 6.04 Å². The number of nitrogens with one attached hydrogen (secondary N) is 3. The number of urea groups is 1. The highest BCUT2D eigenvalue weighted by Gasteiger charge is 2.23. The molecule has 3 amide bonds. The van der Waals surface area contributed by atoms with E-state index in [9.17, 15) is 9.59 Å². The molecule has 1 unspecified atom stereocenters. The van der Waals surface area contributed by atoms with E-state index in [1.165, 1.54) is 7.05 Å². The summed E-state index contributed by atoms with van der Waals surface area (Å²) in [6, 6.07) is 6.89. The van der Waals surface area contributed by atoms with Crippen molar-refractivity contribution < 1.29 is 19.2 Å². The fourth-order valence-corrected chi connectivity index (χ4v) is 1.72. The van der Waals surface area contributed by atoms with E-state index in [1.807, 2.05) is 31.3 Å². The van der Waals surface area contributed by atoms with Gasteiger partial charge in [0.25, 0.3) is 5.91 Å². The second-order valence-electron chi connectivity index (χ2n) is 4.66. The van der Waals surface area contributed by atoms with Crippen LogP contribution in [0.5, 0.6) is 5.75 Å². The molecular weight excluding hydrogens is 258 g/mol. The third kappa shape index (κ3) is 4.55. The van der Waals surface area contributed by atoms with Gasteiger partial charge in [0.05, 0.1) is 14.2 Å². The van der Waals surface area contributed by atoms with Crippen molar-refractivity contribution in [3.8, 4) is 5.75 Å². The van der Waals surface area contributed by atoms with Crippen LogP contribution in [0.2, 0.25) is 0 Å². The lowest BCUT2D eigenvalue weighted by atomic mass is 10.2. The number of hydrogen-bond donors (Lipinski definition) is 3. The molecule has 0 aliphatic heterocycles. The topological polar surface area (TPSA) is 71.9 Å². The van der Waals surface area contributed by atoms with Gasteiger partial charge in [0.2, 0.25) is 0 Å². The Morgan fingerprint density at radius 2 is 1.90 bits per heavy atom. The molecule has 0 saturated carbocycles. The zero-order valence-corrected chi connectivity index (χ0v) is 12.3. The molecule has 0 spiro atoms. The number of ether oxygens (including phenoxy) is 1. The van der Waals surface area contributed by atoms with E-state index in [0.717, 1.165) is 16.2 Å². The highest BCUT2D eigenvalue weighted by atomic mass is 16.5. The van der Waals surface area contributed by atoms with Crippen LogP contribution in [-0.2, 0) is 11.3 Å². The number of likely N-dealkylation sites (N-methyl/N-ethyl adjacent to an activating group) is 1. The lowest BCUT2D eigenvalue weighted by Crippen LogP contribution is -3.12. The van der Waals surface area contributed by atoms with E-state index in [4.69, 9.17) is 4.74 Å². The Labute approximate surface area is 119 Å².